The van der Waals surface area contributed by atoms with Gasteiger partial charge in [-0.3, -0.25) is 4.79 Å². The largest absolute Gasteiger partial charge is 0.447 e. The molecule has 8 heteroatoms. The third-order valence-electron chi connectivity index (χ3n) is 7.68. The Hall–Kier alpha value is -2.25. The topological polar surface area (TPSA) is 58.6 Å². The van der Waals surface area contributed by atoms with Gasteiger partial charge in [-0.2, -0.15) is 13.2 Å². The van der Waals surface area contributed by atoms with Crippen molar-refractivity contribution in [2.75, 3.05) is 13.7 Å². The summed E-state index contributed by atoms with van der Waals surface area (Å²) in [5, 5.41) is 2.80. The van der Waals surface area contributed by atoms with Crippen LogP contribution < -0.4 is 5.32 Å². The van der Waals surface area contributed by atoms with Gasteiger partial charge >= 0.3 is 12.3 Å². The maximum absolute atomic E-state index is 13.4. The molecule has 0 radical (unpaired) electrons. The minimum atomic E-state index is -4.20. The zero-order valence-electron chi connectivity index (χ0n) is 16.8. The zero-order chi connectivity index (χ0) is 21.3. The molecule has 0 aromatic heterocycles. The summed E-state index contributed by atoms with van der Waals surface area (Å²) in [5.74, 6) is 0.151. The van der Waals surface area contributed by atoms with Gasteiger partial charge in [-0.15, -0.1) is 0 Å². The normalized spacial score (nSPS) is 33.9. The molecule has 2 amide bonds. The number of ether oxygens (including phenoxy) is 1. The lowest BCUT2D eigenvalue weighted by atomic mass is 9.67. The van der Waals surface area contributed by atoms with Gasteiger partial charge in [0.2, 0.25) is 5.91 Å². The molecule has 0 atom stereocenters. The second-order valence-electron chi connectivity index (χ2n) is 9.56. The molecule has 4 aliphatic rings. The van der Waals surface area contributed by atoms with E-state index in [9.17, 15) is 22.8 Å². The predicted octanol–water partition coefficient (Wildman–Crippen LogP) is 3.87. The Kier molecular flexibility index (Phi) is 4.19. The van der Waals surface area contributed by atoms with Crippen molar-refractivity contribution in [2.45, 2.75) is 67.6 Å². The number of halogens is 3. The number of amides is 2. The molecule has 162 valence electrons. The fourth-order valence-electron chi connectivity index (χ4n) is 5.37. The molecule has 1 saturated heterocycles. The third-order valence-corrected chi connectivity index (χ3v) is 7.68. The number of carbonyl (C=O) groups is 2. The number of hydrogen-bond donors (Lipinski definition) is 1. The van der Waals surface area contributed by atoms with E-state index in [0.717, 1.165) is 18.4 Å². The van der Waals surface area contributed by atoms with Crippen molar-refractivity contribution < 1.29 is 27.5 Å². The average molecular weight is 422 g/mol. The summed E-state index contributed by atoms with van der Waals surface area (Å²) in [6.07, 6.45) is -1.57. The Balaban J connectivity index is 1.18. The van der Waals surface area contributed by atoms with E-state index in [-0.39, 0.29) is 42.2 Å². The molecule has 5 nitrogen and oxygen atoms in total. The maximum atomic E-state index is 13.4. The van der Waals surface area contributed by atoms with E-state index in [1.807, 2.05) is 6.07 Å². The number of rotatable bonds is 4. The van der Waals surface area contributed by atoms with Gasteiger partial charge in [-0.1, -0.05) is 24.3 Å². The first-order valence-electron chi connectivity index (χ1n) is 10.5. The lowest BCUT2D eigenvalue weighted by Gasteiger charge is -2.47. The van der Waals surface area contributed by atoms with E-state index in [0.29, 0.717) is 25.0 Å². The van der Waals surface area contributed by atoms with Crippen LogP contribution in [0.2, 0.25) is 0 Å². The Bertz CT molecular complexity index is 884. The van der Waals surface area contributed by atoms with Crippen LogP contribution in [-0.4, -0.2) is 48.3 Å². The van der Waals surface area contributed by atoms with E-state index < -0.39 is 17.7 Å². The van der Waals surface area contributed by atoms with Crippen LogP contribution in [0.15, 0.2) is 24.3 Å². The van der Waals surface area contributed by atoms with Crippen molar-refractivity contribution in [3.63, 3.8) is 0 Å². The van der Waals surface area contributed by atoms with Crippen molar-refractivity contribution in [3.05, 3.63) is 35.4 Å². The summed E-state index contributed by atoms with van der Waals surface area (Å²) >= 11 is 0. The molecule has 1 spiro atoms. The first-order valence-corrected chi connectivity index (χ1v) is 10.5. The molecular weight excluding hydrogens is 397 g/mol. The van der Waals surface area contributed by atoms with E-state index in [4.69, 9.17) is 4.74 Å². The number of nitrogens with zero attached hydrogens (tertiary/aromatic N) is 1. The number of benzene rings is 1. The van der Waals surface area contributed by atoms with Crippen molar-refractivity contribution in [2.24, 2.45) is 5.92 Å². The maximum Gasteiger partial charge on any atom is 0.407 e. The SMILES string of the molecule is CN(C(=O)[C@H]1C[C@]2(COC(=O)N2)C1)[C@H]1C[C@@H](c2cccc(C3(C(F)(F)F)CC3)c2)C1. The summed E-state index contributed by atoms with van der Waals surface area (Å²) in [5.41, 5.74) is -0.717. The van der Waals surface area contributed by atoms with Gasteiger partial charge in [-0.25, -0.2) is 4.79 Å². The van der Waals surface area contributed by atoms with Gasteiger partial charge in [0.05, 0.1) is 11.0 Å². The van der Waals surface area contributed by atoms with Crippen LogP contribution in [0, 0.1) is 5.92 Å². The fraction of sp³-hybridized carbons (Fsp3) is 0.636. The highest BCUT2D eigenvalue weighted by Gasteiger charge is 2.64. The van der Waals surface area contributed by atoms with Gasteiger partial charge in [0.25, 0.3) is 0 Å². The number of alkyl carbamates (subject to hydrolysis) is 1. The second kappa shape index (κ2) is 6.37. The van der Waals surface area contributed by atoms with Crippen molar-refractivity contribution in [1.29, 1.82) is 0 Å². The average Bonchev–Trinajstić information content (AvgIpc) is 3.36. The molecule has 1 N–H and O–H groups in total. The molecule has 1 heterocycles. The molecule has 5 rings (SSSR count). The van der Waals surface area contributed by atoms with Crippen LogP contribution >= 0.6 is 0 Å². The van der Waals surface area contributed by atoms with Crippen LogP contribution in [0.1, 0.15) is 55.6 Å². The first-order chi connectivity index (χ1) is 14.1. The van der Waals surface area contributed by atoms with Crippen molar-refractivity contribution in [3.8, 4) is 0 Å². The van der Waals surface area contributed by atoms with E-state index in [1.54, 1.807) is 30.1 Å². The molecular formula is C22H25F3N2O3. The molecule has 3 aliphatic carbocycles. The number of cyclic esters (lactones) is 1. The van der Waals surface area contributed by atoms with Crippen LogP contribution in [-0.2, 0) is 14.9 Å². The summed E-state index contributed by atoms with van der Waals surface area (Å²) in [6.45, 7) is 0.320. The number of carbonyl (C=O) groups excluding carboxylic acids is 2. The Morgan fingerprint density at radius 1 is 1.23 bits per heavy atom. The minimum absolute atomic E-state index is 0.0768. The van der Waals surface area contributed by atoms with E-state index >= 15 is 0 Å². The van der Waals surface area contributed by atoms with Crippen molar-refractivity contribution in [1.82, 2.24) is 10.2 Å². The standard InChI is InChI=1S/C22H25F3N2O3/c1-27(18(28)15-10-20(11-15)12-30-19(29)26-20)17-8-14(9-17)13-3-2-4-16(7-13)21(5-6-21)22(23,24)25/h2-4,7,14-15,17H,5-6,8-12H2,1H3,(H,26,29)/t14-,15-,17+,20+. The van der Waals surface area contributed by atoms with Crippen LogP contribution in [0.4, 0.5) is 18.0 Å². The summed E-state index contributed by atoms with van der Waals surface area (Å²) in [6, 6.07) is 7.05. The van der Waals surface area contributed by atoms with E-state index in [2.05, 4.69) is 5.32 Å². The smallest absolute Gasteiger partial charge is 0.407 e. The highest BCUT2D eigenvalue weighted by atomic mass is 19.4. The molecule has 0 unspecified atom stereocenters. The molecule has 0 bridgehead atoms. The van der Waals surface area contributed by atoms with Crippen LogP contribution in [0.25, 0.3) is 0 Å². The molecule has 1 aromatic carbocycles. The molecule has 4 fully saturated rings. The fourth-order valence-corrected chi connectivity index (χ4v) is 5.37. The Morgan fingerprint density at radius 3 is 2.50 bits per heavy atom. The highest BCUT2D eigenvalue weighted by molar-refractivity contribution is 5.81. The zero-order valence-corrected chi connectivity index (χ0v) is 16.8. The summed E-state index contributed by atoms with van der Waals surface area (Å²) in [4.78, 5) is 25.8. The Morgan fingerprint density at radius 2 is 1.93 bits per heavy atom. The quantitative estimate of drug-likeness (QED) is 0.801. The highest BCUT2D eigenvalue weighted by Crippen LogP contribution is 2.59. The number of nitrogens with one attached hydrogen (secondary N) is 1. The van der Waals surface area contributed by atoms with E-state index in [1.165, 1.54) is 0 Å². The third kappa shape index (κ3) is 2.98. The van der Waals surface area contributed by atoms with Crippen LogP contribution in [0.5, 0.6) is 0 Å². The molecule has 30 heavy (non-hydrogen) atoms. The predicted molar refractivity (Wildman–Crippen MR) is 102 cm³/mol. The monoisotopic (exact) mass is 422 g/mol. The summed E-state index contributed by atoms with van der Waals surface area (Å²) in [7, 11) is 1.80. The molecule has 3 saturated carbocycles. The molecule has 1 aromatic rings. The lowest BCUT2D eigenvalue weighted by Crippen LogP contribution is -2.59. The van der Waals surface area contributed by atoms with Gasteiger partial charge in [0, 0.05) is 19.0 Å². The second-order valence-corrected chi connectivity index (χ2v) is 9.56. The summed E-state index contributed by atoms with van der Waals surface area (Å²) < 4.78 is 45.3. The number of hydrogen-bond acceptors (Lipinski definition) is 3. The minimum Gasteiger partial charge on any atom is -0.447 e. The van der Waals surface area contributed by atoms with Gasteiger partial charge in [0.1, 0.15) is 6.61 Å². The van der Waals surface area contributed by atoms with Crippen LogP contribution in [0.3, 0.4) is 0 Å². The first kappa shape index (κ1) is 19.7. The van der Waals surface area contributed by atoms with Gasteiger partial charge < -0.3 is 15.0 Å². The van der Waals surface area contributed by atoms with Gasteiger partial charge in [0.15, 0.2) is 0 Å². The van der Waals surface area contributed by atoms with Gasteiger partial charge in [-0.05, 0) is 55.6 Å². The lowest BCUT2D eigenvalue weighted by molar-refractivity contribution is -0.160. The van der Waals surface area contributed by atoms with Crippen molar-refractivity contribution >= 4 is 12.0 Å². The Labute approximate surface area is 172 Å². The number of alkyl halides is 3. The molecule has 1 aliphatic heterocycles.